The number of hydrogen-bond acceptors (Lipinski definition) is 5. The maximum atomic E-state index is 13.4. The lowest BCUT2D eigenvalue weighted by Gasteiger charge is -2.30. The largest absolute Gasteiger partial charge is 0.492 e. The summed E-state index contributed by atoms with van der Waals surface area (Å²) in [6, 6.07) is 16.1. The molecule has 2 aromatic rings. The average Bonchev–Trinajstić information content (AvgIpc) is 3.38. The van der Waals surface area contributed by atoms with E-state index in [0.717, 1.165) is 37.5 Å². The molecule has 8 nitrogen and oxygen atoms in total. The second-order valence-corrected chi connectivity index (χ2v) is 11.4. The van der Waals surface area contributed by atoms with Gasteiger partial charge in [0, 0.05) is 25.6 Å². The zero-order chi connectivity index (χ0) is 26.8. The molecule has 1 N–H and O–H groups in total. The summed E-state index contributed by atoms with van der Waals surface area (Å²) in [6.45, 7) is 4.43. The quantitative estimate of drug-likeness (QED) is 0.421. The Morgan fingerprint density at radius 2 is 1.70 bits per heavy atom. The van der Waals surface area contributed by atoms with Crippen LogP contribution in [0.15, 0.2) is 54.6 Å². The SMILES string of the molecule is CCOc1ccccc1N(CCCC(=O)N(Cc1ccccc1)[C@H](C)C(=O)NC1CCCC1)S(C)(=O)=O. The summed E-state index contributed by atoms with van der Waals surface area (Å²) in [5.41, 5.74) is 1.38. The molecule has 0 spiro atoms. The molecule has 1 aliphatic carbocycles. The highest BCUT2D eigenvalue weighted by molar-refractivity contribution is 7.92. The number of sulfonamides is 1. The Hall–Kier alpha value is -3.07. The van der Waals surface area contributed by atoms with Crippen LogP contribution in [-0.2, 0) is 26.2 Å². The van der Waals surface area contributed by atoms with Gasteiger partial charge in [-0.15, -0.1) is 0 Å². The lowest BCUT2D eigenvalue weighted by Crippen LogP contribution is -2.49. The first-order chi connectivity index (χ1) is 17.7. The molecule has 3 rings (SSSR count). The van der Waals surface area contributed by atoms with E-state index in [1.807, 2.05) is 37.3 Å². The third-order valence-corrected chi connectivity index (χ3v) is 7.83. The molecule has 0 heterocycles. The number of anilines is 1. The molecule has 0 radical (unpaired) electrons. The minimum atomic E-state index is -3.60. The molecule has 0 bridgehead atoms. The van der Waals surface area contributed by atoms with Crippen LogP contribution < -0.4 is 14.4 Å². The van der Waals surface area contributed by atoms with Crippen molar-refractivity contribution in [2.45, 2.75) is 71.0 Å². The molecule has 1 fully saturated rings. The highest BCUT2D eigenvalue weighted by atomic mass is 32.2. The minimum absolute atomic E-state index is 0.108. The van der Waals surface area contributed by atoms with Crippen LogP contribution in [0, 0.1) is 0 Å². The number of rotatable bonds is 13. The van der Waals surface area contributed by atoms with Crippen molar-refractivity contribution in [1.82, 2.24) is 10.2 Å². The van der Waals surface area contributed by atoms with Crippen LogP contribution in [-0.4, -0.2) is 56.6 Å². The lowest BCUT2D eigenvalue weighted by atomic mass is 10.1. The van der Waals surface area contributed by atoms with Crippen molar-refractivity contribution in [3.05, 3.63) is 60.2 Å². The minimum Gasteiger partial charge on any atom is -0.492 e. The van der Waals surface area contributed by atoms with E-state index in [-0.39, 0.29) is 30.8 Å². The van der Waals surface area contributed by atoms with Crippen LogP contribution in [0.25, 0.3) is 0 Å². The molecule has 1 saturated carbocycles. The molecule has 37 heavy (non-hydrogen) atoms. The topological polar surface area (TPSA) is 96.0 Å². The van der Waals surface area contributed by atoms with E-state index in [2.05, 4.69) is 5.32 Å². The van der Waals surface area contributed by atoms with E-state index in [4.69, 9.17) is 4.74 Å². The van der Waals surface area contributed by atoms with Crippen LogP contribution in [0.3, 0.4) is 0 Å². The smallest absolute Gasteiger partial charge is 0.242 e. The fourth-order valence-corrected chi connectivity index (χ4v) is 5.65. The highest BCUT2D eigenvalue weighted by Crippen LogP contribution is 2.30. The summed E-state index contributed by atoms with van der Waals surface area (Å²) in [5, 5.41) is 3.10. The number of benzene rings is 2. The molecule has 0 saturated heterocycles. The lowest BCUT2D eigenvalue weighted by molar-refractivity contribution is -0.141. The Bertz CT molecular complexity index is 1130. The van der Waals surface area contributed by atoms with Crippen LogP contribution in [0.1, 0.15) is 57.9 Å². The van der Waals surface area contributed by atoms with Crippen molar-refractivity contribution in [3.63, 3.8) is 0 Å². The fraction of sp³-hybridized carbons (Fsp3) is 0.500. The standard InChI is InChI=1S/C28H39N3O5S/c1-4-36-26-18-11-10-17-25(26)31(37(3,34)35)20-12-19-27(32)30(21-23-13-6-5-7-14-23)22(2)28(33)29-24-15-8-9-16-24/h5-7,10-11,13-14,17-18,22,24H,4,8-9,12,15-16,19-21H2,1-3H3,(H,29,33)/t22-/m1/s1. The van der Waals surface area contributed by atoms with E-state index in [9.17, 15) is 18.0 Å². The van der Waals surface area contributed by atoms with Gasteiger partial charge in [-0.25, -0.2) is 8.42 Å². The first-order valence-electron chi connectivity index (χ1n) is 13.0. The second kappa shape index (κ2) is 13.5. The molecular formula is C28H39N3O5S. The van der Waals surface area contributed by atoms with Crippen molar-refractivity contribution in [2.75, 3.05) is 23.7 Å². The molecule has 2 amide bonds. The predicted octanol–water partition coefficient (Wildman–Crippen LogP) is 4.11. The predicted molar refractivity (Wildman–Crippen MR) is 146 cm³/mol. The summed E-state index contributed by atoms with van der Waals surface area (Å²) in [7, 11) is -3.60. The van der Waals surface area contributed by atoms with Gasteiger partial charge >= 0.3 is 0 Å². The summed E-state index contributed by atoms with van der Waals surface area (Å²) in [5.74, 6) is 0.133. The van der Waals surface area contributed by atoms with Gasteiger partial charge < -0.3 is 15.0 Å². The Labute approximate surface area is 221 Å². The van der Waals surface area contributed by atoms with E-state index in [1.165, 1.54) is 4.31 Å². The van der Waals surface area contributed by atoms with Gasteiger partial charge in [0.15, 0.2) is 0 Å². The first kappa shape index (κ1) is 28.5. The summed E-state index contributed by atoms with van der Waals surface area (Å²) in [6.07, 6.45) is 5.70. The number of nitrogens with one attached hydrogen (secondary N) is 1. The number of nitrogens with zero attached hydrogens (tertiary/aromatic N) is 2. The third-order valence-electron chi connectivity index (χ3n) is 6.65. The maximum Gasteiger partial charge on any atom is 0.242 e. The molecular weight excluding hydrogens is 490 g/mol. The van der Waals surface area contributed by atoms with Gasteiger partial charge in [-0.2, -0.15) is 0 Å². The number of amides is 2. The van der Waals surface area contributed by atoms with Crippen molar-refractivity contribution in [2.24, 2.45) is 0 Å². The summed E-state index contributed by atoms with van der Waals surface area (Å²) in [4.78, 5) is 28.0. The zero-order valence-corrected chi connectivity index (χ0v) is 22.9. The fourth-order valence-electron chi connectivity index (χ4n) is 4.68. The zero-order valence-electron chi connectivity index (χ0n) is 22.1. The molecule has 1 atom stereocenters. The summed E-state index contributed by atoms with van der Waals surface area (Å²) >= 11 is 0. The average molecular weight is 530 g/mol. The Morgan fingerprint density at radius 1 is 1.05 bits per heavy atom. The second-order valence-electron chi connectivity index (χ2n) is 9.51. The molecule has 0 aliphatic heterocycles. The molecule has 0 aromatic heterocycles. The molecule has 2 aromatic carbocycles. The van der Waals surface area contributed by atoms with E-state index >= 15 is 0 Å². The molecule has 9 heteroatoms. The summed E-state index contributed by atoms with van der Waals surface area (Å²) < 4.78 is 32.2. The maximum absolute atomic E-state index is 13.4. The van der Waals surface area contributed by atoms with Gasteiger partial charge in [-0.3, -0.25) is 13.9 Å². The van der Waals surface area contributed by atoms with Crippen LogP contribution in [0.2, 0.25) is 0 Å². The monoisotopic (exact) mass is 529 g/mol. The van der Waals surface area contributed by atoms with Crippen molar-refractivity contribution < 1.29 is 22.7 Å². The number of para-hydroxylation sites is 2. The van der Waals surface area contributed by atoms with Gasteiger partial charge in [0.2, 0.25) is 21.8 Å². The van der Waals surface area contributed by atoms with E-state index < -0.39 is 16.1 Å². The molecule has 1 aliphatic rings. The Balaban J connectivity index is 1.72. The van der Waals surface area contributed by atoms with Gasteiger partial charge in [0.25, 0.3) is 0 Å². The van der Waals surface area contributed by atoms with Crippen molar-refractivity contribution >= 4 is 27.5 Å². The van der Waals surface area contributed by atoms with Crippen molar-refractivity contribution in [3.8, 4) is 5.75 Å². The number of carbonyl (C=O) groups excluding carboxylic acids is 2. The van der Waals surface area contributed by atoms with E-state index in [1.54, 1.807) is 36.1 Å². The van der Waals surface area contributed by atoms with Gasteiger partial charge in [-0.05, 0) is 50.8 Å². The van der Waals surface area contributed by atoms with E-state index in [0.29, 0.717) is 31.0 Å². The highest BCUT2D eigenvalue weighted by Gasteiger charge is 2.29. The number of ether oxygens (including phenoxy) is 1. The van der Waals surface area contributed by atoms with Crippen LogP contribution in [0.5, 0.6) is 5.75 Å². The third kappa shape index (κ3) is 8.21. The molecule has 0 unspecified atom stereocenters. The van der Waals surface area contributed by atoms with Crippen molar-refractivity contribution in [1.29, 1.82) is 0 Å². The normalized spacial score (nSPS) is 14.7. The van der Waals surface area contributed by atoms with Gasteiger partial charge in [-0.1, -0.05) is 55.3 Å². The molecule has 202 valence electrons. The van der Waals surface area contributed by atoms with Crippen LogP contribution in [0.4, 0.5) is 5.69 Å². The number of carbonyl (C=O) groups is 2. The number of hydrogen-bond donors (Lipinski definition) is 1. The Morgan fingerprint density at radius 3 is 2.35 bits per heavy atom. The van der Waals surface area contributed by atoms with Gasteiger partial charge in [0.1, 0.15) is 11.8 Å². The first-order valence-corrected chi connectivity index (χ1v) is 14.9. The van der Waals surface area contributed by atoms with Crippen LogP contribution >= 0.6 is 0 Å². The Kier molecular flexibility index (Phi) is 10.4. The van der Waals surface area contributed by atoms with Gasteiger partial charge in [0.05, 0.1) is 18.6 Å².